The normalized spacial score (nSPS) is 11.9. The Bertz CT molecular complexity index is 812. The van der Waals surface area contributed by atoms with Crippen molar-refractivity contribution < 1.29 is 4.79 Å². The third-order valence-electron chi connectivity index (χ3n) is 4.47. The fraction of sp³-hybridized carbons (Fsp3) is 0.273. The third kappa shape index (κ3) is 4.60. The Labute approximate surface area is 154 Å². The molecule has 134 valence electrons. The van der Waals surface area contributed by atoms with Crippen molar-refractivity contribution >= 4 is 5.91 Å². The van der Waals surface area contributed by atoms with E-state index in [0.29, 0.717) is 6.54 Å². The van der Waals surface area contributed by atoms with E-state index in [-0.39, 0.29) is 11.8 Å². The van der Waals surface area contributed by atoms with Gasteiger partial charge in [0, 0.05) is 12.7 Å². The van der Waals surface area contributed by atoms with Crippen LogP contribution in [0.25, 0.3) is 5.69 Å². The van der Waals surface area contributed by atoms with Crippen LogP contribution in [-0.2, 0) is 11.2 Å². The summed E-state index contributed by atoms with van der Waals surface area (Å²) in [5, 5.41) is 7.49. The van der Waals surface area contributed by atoms with Crippen molar-refractivity contribution in [1.82, 2.24) is 15.1 Å². The van der Waals surface area contributed by atoms with Gasteiger partial charge < -0.3 is 5.32 Å². The van der Waals surface area contributed by atoms with Crippen molar-refractivity contribution in [2.24, 2.45) is 0 Å². The molecule has 1 atom stereocenters. The number of hydrogen-bond acceptors (Lipinski definition) is 2. The van der Waals surface area contributed by atoms with Crippen LogP contribution in [0.15, 0.2) is 73.1 Å². The van der Waals surface area contributed by atoms with E-state index >= 15 is 0 Å². The number of nitrogens with one attached hydrogen (secondary N) is 1. The van der Waals surface area contributed by atoms with E-state index in [2.05, 4.69) is 17.3 Å². The molecule has 1 amide bonds. The van der Waals surface area contributed by atoms with Crippen LogP contribution < -0.4 is 5.32 Å². The van der Waals surface area contributed by atoms with Gasteiger partial charge in [-0.2, -0.15) is 5.10 Å². The molecular weight excluding hydrogens is 322 g/mol. The van der Waals surface area contributed by atoms with Gasteiger partial charge in [0.1, 0.15) is 0 Å². The molecule has 2 aromatic carbocycles. The van der Waals surface area contributed by atoms with E-state index in [1.807, 2.05) is 77.7 Å². The summed E-state index contributed by atoms with van der Waals surface area (Å²) in [7, 11) is 0. The molecule has 1 aromatic heterocycles. The lowest BCUT2D eigenvalue weighted by atomic mass is 9.93. The van der Waals surface area contributed by atoms with Crippen LogP contribution in [-0.4, -0.2) is 22.2 Å². The van der Waals surface area contributed by atoms with Gasteiger partial charge in [-0.05, 0) is 36.1 Å². The fourth-order valence-corrected chi connectivity index (χ4v) is 3.09. The number of amides is 1. The quantitative estimate of drug-likeness (QED) is 0.666. The standard InChI is InChI=1S/C22H25N3O/c1-2-9-21(19-10-5-3-6-11-19)22(26)23-15-14-18-16-24-25(17-18)20-12-7-4-8-13-20/h3-8,10-13,16-17,21H,2,9,14-15H2,1H3,(H,23,26). The van der Waals surface area contributed by atoms with Gasteiger partial charge in [-0.3, -0.25) is 4.79 Å². The molecular formula is C22H25N3O. The second kappa shape index (κ2) is 8.99. The molecule has 3 rings (SSSR count). The van der Waals surface area contributed by atoms with Crippen LogP contribution >= 0.6 is 0 Å². The highest BCUT2D eigenvalue weighted by Crippen LogP contribution is 2.21. The van der Waals surface area contributed by atoms with E-state index in [1.165, 1.54) is 0 Å². The average molecular weight is 347 g/mol. The number of nitrogens with zero attached hydrogens (tertiary/aromatic N) is 2. The number of carbonyl (C=O) groups excluding carboxylic acids is 1. The molecule has 0 fully saturated rings. The number of aromatic nitrogens is 2. The zero-order chi connectivity index (χ0) is 18.2. The zero-order valence-corrected chi connectivity index (χ0v) is 15.1. The van der Waals surface area contributed by atoms with Gasteiger partial charge in [0.05, 0.1) is 17.8 Å². The minimum atomic E-state index is -0.0757. The zero-order valence-electron chi connectivity index (χ0n) is 15.1. The fourth-order valence-electron chi connectivity index (χ4n) is 3.09. The molecule has 0 saturated heterocycles. The molecule has 0 spiro atoms. The van der Waals surface area contributed by atoms with Crippen LogP contribution in [0.4, 0.5) is 0 Å². The Kier molecular flexibility index (Phi) is 6.20. The van der Waals surface area contributed by atoms with Crippen LogP contribution in [0.5, 0.6) is 0 Å². The molecule has 0 radical (unpaired) electrons. The van der Waals surface area contributed by atoms with Gasteiger partial charge in [0.25, 0.3) is 0 Å². The highest BCUT2D eigenvalue weighted by atomic mass is 16.1. The number of hydrogen-bond donors (Lipinski definition) is 1. The van der Waals surface area contributed by atoms with Crippen molar-refractivity contribution in [1.29, 1.82) is 0 Å². The first-order valence-corrected chi connectivity index (χ1v) is 9.19. The molecule has 26 heavy (non-hydrogen) atoms. The van der Waals surface area contributed by atoms with Crippen LogP contribution in [0, 0.1) is 0 Å². The van der Waals surface area contributed by atoms with Crippen LogP contribution in [0.1, 0.15) is 36.8 Å². The summed E-state index contributed by atoms with van der Waals surface area (Å²) >= 11 is 0. The van der Waals surface area contributed by atoms with Crippen molar-refractivity contribution in [3.8, 4) is 5.69 Å². The molecule has 0 saturated carbocycles. The highest BCUT2D eigenvalue weighted by Gasteiger charge is 2.18. The molecule has 0 bridgehead atoms. The van der Waals surface area contributed by atoms with Crippen molar-refractivity contribution in [2.45, 2.75) is 32.1 Å². The van der Waals surface area contributed by atoms with Gasteiger partial charge in [0.15, 0.2) is 0 Å². The molecule has 1 heterocycles. The number of para-hydroxylation sites is 1. The molecule has 0 aliphatic heterocycles. The number of rotatable bonds is 8. The Hall–Kier alpha value is -2.88. The molecule has 4 nitrogen and oxygen atoms in total. The lowest BCUT2D eigenvalue weighted by Gasteiger charge is -2.16. The van der Waals surface area contributed by atoms with Crippen molar-refractivity contribution in [3.05, 3.63) is 84.2 Å². The van der Waals surface area contributed by atoms with E-state index < -0.39 is 0 Å². The molecule has 1 N–H and O–H groups in total. The topological polar surface area (TPSA) is 46.9 Å². The predicted octanol–water partition coefficient (Wildman–Crippen LogP) is 4.11. The number of benzene rings is 2. The summed E-state index contributed by atoms with van der Waals surface area (Å²) in [6.45, 7) is 2.73. The lowest BCUT2D eigenvalue weighted by molar-refractivity contribution is -0.122. The monoisotopic (exact) mass is 347 g/mol. The number of carbonyl (C=O) groups is 1. The Morgan fingerprint density at radius 2 is 1.77 bits per heavy atom. The summed E-state index contributed by atoms with van der Waals surface area (Å²) in [4.78, 5) is 12.6. The maximum atomic E-state index is 12.6. The Morgan fingerprint density at radius 1 is 1.08 bits per heavy atom. The first-order valence-electron chi connectivity index (χ1n) is 9.19. The maximum absolute atomic E-state index is 12.6. The van der Waals surface area contributed by atoms with Crippen LogP contribution in [0.2, 0.25) is 0 Å². The van der Waals surface area contributed by atoms with E-state index in [0.717, 1.165) is 36.1 Å². The van der Waals surface area contributed by atoms with Gasteiger partial charge >= 0.3 is 0 Å². The van der Waals surface area contributed by atoms with Crippen LogP contribution in [0.3, 0.4) is 0 Å². The molecule has 0 aliphatic rings. The Morgan fingerprint density at radius 3 is 2.46 bits per heavy atom. The summed E-state index contributed by atoms with van der Waals surface area (Å²) < 4.78 is 1.86. The Balaban J connectivity index is 1.55. The van der Waals surface area contributed by atoms with E-state index in [1.54, 1.807) is 0 Å². The van der Waals surface area contributed by atoms with E-state index in [4.69, 9.17) is 0 Å². The SMILES string of the molecule is CCCC(C(=O)NCCc1cnn(-c2ccccc2)c1)c1ccccc1. The summed E-state index contributed by atoms with van der Waals surface area (Å²) in [6.07, 6.45) is 6.49. The first-order chi connectivity index (χ1) is 12.8. The molecule has 0 aliphatic carbocycles. The van der Waals surface area contributed by atoms with Crippen molar-refractivity contribution in [2.75, 3.05) is 6.54 Å². The summed E-state index contributed by atoms with van der Waals surface area (Å²) in [6, 6.07) is 20.0. The predicted molar refractivity (Wildman–Crippen MR) is 104 cm³/mol. The lowest BCUT2D eigenvalue weighted by Crippen LogP contribution is -2.31. The van der Waals surface area contributed by atoms with Gasteiger partial charge in [-0.15, -0.1) is 0 Å². The summed E-state index contributed by atoms with van der Waals surface area (Å²) in [5.41, 5.74) is 3.24. The third-order valence-corrected chi connectivity index (χ3v) is 4.47. The smallest absolute Gasteiger partial charge is 0.227 e. The van der Waals surface area contributed by atoms with Gasteiger partial charge in [-0.25, -0.2) is 4.68 Å². The van der Waals surface area contributed by atoms with E-state index in [9.17, 15) is 4.79 Å². The highest BCUT2D eigenvalue weighted by molar-refractivity contribution is 5.83. The van der Waals surface area contributed by atoms with Gasteiger partial charge in [-0.1, -0.05) is 61.9 Å². The largest absolute Gasteiger partial charge is 0.355 e. The minimum absolute atomic E-state index is 0.0757. The molecule has 3 aromatic rings. The van der Waals surface area contributed by atoms with Crippen molar-refractivity contribution in [3.63, 3.8) is 0 Å². The molecule has 4 heteroatoms. The van der Waals surface area contributed by atoms with Gasteiger partial charge in [0.2, 0.25) is 5.91 Å². The molecule has 1 unspecified atom stereocenters. The summed E-state index contributed by atoms with van der Waals surface area (Å²) in [5.74, 6) is 0.0294. The second-order valence-corrected chi connectivity index (χ2v) is 6.42. The first kappa shape index (κ1) is 17.9. The minimum Gasteiger partial charge on any atom is -0.355 e. The maximum Gasteiger partial charge on any atom is 0.227 e. The average Bonchev–Trinajstić information content (AvgIpc) is 3.16. The second-order valence-electron chi connectivity index (χ2n) is 6.42.